The van der Waals surface area contributed by atoms with Crippen LogP contribution in [-0.2, 0) is 0 Å². The van der Waals surface area contributed by atoms with Gasteiger partial charge in [-0.15, -0.1) is 0 Å². The Morgan fingerprint density at radius 3 is 2.71 bits per heavy atom. The number of aliphatic hydroxyl groups is 1. The predicted octanol–water partition coefficient (Wildman–Crippen LogP) is 5.42. The van der Waals surface area contributed by atoms with Crippen molar-refractivity contribution in [2.24, 2.45) is 17.3 Å². The topological polar surface area (TPSA) is 20.2 Å². The number of allylic oxidation sites excluding steroid dienone is 5. The fourth-order valence-corrected chi connectivity index (χ4v) is 3.94. The van der Waals surface area contributed by atoms with Crippen molar-refractivity contribution in [2.45, 2.75) is 72.8 Å². The Labute approximate surface area is 130 Å². The molecule has 0 aliphatic heterocycles. The van der Waals surface area contributed by atoms with E-state index in [1.165, 1.54) is 42.4 Å². The normalized spacial score (nSPS) is 39.1. The van der Waals surface area contributed by atoms with Crippen molar-refractivity contribution in [1.82, 2.24) is 0 Å². The van der Waals surface area contributed by atoms with Crippen LogP contribution in [0.5, 0.6) is 0 Å². The van der Waals surface area contributed by atoms with Crippen LogP contribution in [0, 0.1) is 17.3 Å². The molecule has 0 aromatic heterocycles. The molecule has 0 aromatic carbocycles. The number of hydrogen-bond acceptors (Lipinski definition) is 1. The largest absolute Gasteiger partial charge is 0.392 e. The van der Waals surface area contributed by atoms with E-state index >= 15 is 0 Å². The molecular formula is C20H32O. The molecule has 1 saturated carbocycles. The van der Waals surface area contributed by atoms with Crippen LogP contribution in [0.25, 0.3) is 0 Å². The van der Waals surface area contributed by atoms with E-state index < -0.39 is 0 Å². The molecule has 0 spiro atoms. The van der Waals surface area contributed by atoms with Crippen molar-refractivity contribution < 1.29 is 5.11 Å². The average Bonchev–Trinajstić information content (AvgIpc) is 2.98. The summed E-state index contributed by atoms with van der Waals surface area (Å²) in [6.45, 7) is 11.0. The van der Waals surface area contributed by atoms with Crippen molar-refractivity contribution in [1.29, 1.82) is 0 Å². The molecule has 2 aliphatic carbocycles. The van der Waals surface area contributed by atoms with Gasteiger partial charge in [-0.2, -0.15) is 0 Å². The Kier molecular flexibility index (Phi) is 5.14. The van der Waals surface area contributed by atoms with Gasteiger partial charge in [0, 0.05) is 5.41 Å². The molecule has 0 heterocycles. The minimum Gasteiger partial charge on any atom is -0.392 e. The van der Waals surface area contributed by atoms with Gasteiger partial charge >= 0.3 is 0 Å². The molecule has 0 radical (unpaired) electrons. The predicted molar refractivity (Wildman–Crippen MR) is 91.1 cm³/mol. The number of fused-ring (bicyclic) bond motifs is 1. The molecule has 2 aliphatic rings. The first-order valence-electron chi connectivity index (χ1n) is 8.50. The molecule has 21 heavy (non-hydrogen) atoms. The quantitative estimate of drug-likeness (QED) is 0.687. The summed E-state index contributed by atoms with van der Waals surface area (Å²) in [6, 6.07) is 0. The summed E-state index contributed by atoms with van der Waals surface area (Å²) in [5, 5.41) is 10.7. The van der Waals surface area contributed by atoms with E-state index in [4.69, 9.17) is 0 Å². The second-order valence-corrected chi connectivity index (χ2v) is 7.67. The highest BCUT2D eigenvalue weighted by atomic mass is 16.3. The van der Waals surface area contributed by atoms with Gasteiger partial charge in [0.15, 0.2) is 0 Å². The summed E-state index contributed by atoms with van der Waals surface area (Å²) in [6.07, 6.45) is 12.4. The Morgan fingerprint density at radius 1 is 1.33 bits per heavy atom. The van der Waals surface area contributed by atoms with Gasteiger partial charge < -0.3 is 5.11 Å². The van der Waals surface area contributed by atoms with Crippen molar-refractivity contribution in [3.05, 3.63) is 34.9 Å². The fourth-order valence-electron chi connectivity index (χ4n) is 3.94. The summed E-state index contributed by atoms with van der Waals surface area (Å²) in [5.41, 5.74) is 4.40. The van der Waals surface area contributed by atoms with Crippen LogP contribution in [0.15, 0.2) is 34.9 Å². The highest BCUT2D eigenvalue weighted by Gasteiger charge is 2.62. The molecule has 0 unspecified atom stereocenters. The van der Waals surface area contributed by atoms with E-state index in [0.29, 0.717) is 11.8 Å². The third-order valence-corrected chi connectivity index (χ3v) is 5.65. The molecule has 4 atom stereocenters. The van der Waals surface area contributed by atoms with Crippen molar-refractivity contribution in [3.63, 3.8) is 0 Å². The second kappa shape index (κ2) is 6.52. The number of hydrogen-bond donors (Lipinski definition) is 1. The average molecular weight is 288 g/mol. The zero-order valence-electron chi connectivity index (χ0n) is 14.4. The highest BCUT2D eigenvalue weighted by Crippen LogP contribution is 2.64. The van der Waals surface area contributed by atoms with Crippen LogP contribution in [0.3, 0.4) is 0 Å². The first kappa shape index (κ1) is 16.5. The Hall–Kier alpha value is -0.820. The van der Waals surface area contributed by atoms with Crippen molar-refractivity contribution in [3.8, 4) is 0 Å². The zero-order chi connectivity index (χ0) is 15.6. The third-order valence-electron chi connectivity index (χ3n) is 5.65. The maximum Gasteiger partial charge on any atom is 0.0636 e. The van der Waals surface area contributed by atoms with Crippen molar-refractivity contribution in [2.75, 3.05) is 0 Å². The summed E-state index contributed by atoms with van der Waals surface area (Å²) in [4.78, 5) is 0. The minimum atomic E-state index is -0.212. The van der Waals surface area contributed by atoms with Gasteiger partial charge in [0.25, 0.3) is 0 Å². The van der Waals surface area contributed by atoms with Gasteiger partial charge in [0.05, 0.1) is 6.10 Å². The van der Waals surface area contributed by atoms with Gasteiger partial charge in [-0.1, -0.05) is 41.9 Å². The maximum absolute atomic E-state index is 10.7. The van der Waals surface area contributed by atoms with Crippen molar-refractivity contribution >= 4 is 0 Å². The molecular weight excluding hydrogens is 256 g/mol. The Bertz CT molecular complexity index is 464. The van der Waals surface area contributed by atoms with Crippen LogP contribution < -0.4 is 0 Å². The highest BCUT2D eigenvalue weighted by molar-refractivity contribution is 5.23. The van der Waals surface area contributed by atoms with Gasteiger partial charge in [0.2, 0.25) is 0 Å². The number of aliphatic hydroxyl groups excluding tert-OH is 1. The van der Waals surface area contributed by atoms with Crippen LogP contribution in [-0.4, -0.2) is 11.2 Å². The molecule has 0 saturated heterocycles. The van der Waals surface area contributed by atoms with E-state index in [1.54, 1.807) is 0 Å². The summed E-state index contributed by atoms with van der Waals surface area (Å²) in [5.74, 6) is 1.22. The third kappa shape index (κ3) is 3.69. The van der Waals surface area contributed by atoms with Crippen LogP contribution in [0.2, 0.25) is 0 Å². The molecule has 2 rings (SSSR count). The lowest BCUT2D eigenvalue weighted by atomic mass is 9.92. The smallest absolute Gasteiger partial charge is 0.0636 e. The summed E-state index contributed by atoms with van der Waals surface area (Å²) < 4.78 is 0. The lowest BCUT2D eigenvalue weighted by molar-refractivity contribution is 0.0904. The molecule has 1 fully saturated rings. The monoisotopic (exact) mass is 288 g/mol. The molecule has 118 valence electrons. The lowest BCUT2D eigenvalue weighted by Gasteiger charge is -2.19. The molecule has 1 nitrogen and oxygen atoms in total. The van der Waals surface area contributed by atoms with Gasteiger partial charge in [-0.25, -0.2) is 0 Å². The Balaban J connectivity index is 2.14. The standard InChI is InChI=1S/C20H32O/c1-14(2)9-12-19(21)20(5)17-11-10-15(3)7-6-8-16(4)13-18(17)20/h7,9,13,17-19,21H,6,8,10-12H2,1-5H3/b15-7+,16-13+/t17-,18+,19-,20+/m0/s1. The minimum absolute atomic E-state index is 0.0812. The molecule has 0 aromatic rings. The molecule has 0 bridgehead atoms. The molecule has 1 heteroatoms. The van der Waals surface area contributed by atoms with E-state index in [0.717, 1.165) is 6.42 Å². The molecule has 0 amide bonds. The van der Waals surface area contributed by atoms with Crippen LogP contribution >= 0.6 is 0 Å². The first-order chi connectivity index (χ1) is 9.85. The Morgan fingerprint density at radius 2 is 2.05 bits per heavy atom. The van der Waals surface area contributed by atoms with Gasteiger partial charge in [-0.3, -0.25) is 0 Å². The summed E-state index contributed by atoms with van der Waals surface area (Å²) in [7, 11) is 0. The van der Waals surface area contributed by atoms with E-state index in [1.807, 2.05) is 0 Å². The first-order valence-corrected chi connectivity index (χ1v) is 8.50. The van der Waals surface area contributed by atoms with E-state index in [9.17, 15) is 5.11 Å². The maximum atomic E-state index is 10.7. The van der Waals surface area contributed by atoms with Gasteiger partial charge in [0.1, 0.15) is 0 Å². The van der Waals surface area contributed by atoms with Crippen LogP contribution in [0.1, 0.15) is 66.7 Å². The van der Waals surface area contributed by atoms with Gasteiger partial charge in [-0.05, 0) is 71.6 Å². The van der Waals surface area contributed by atoms with E-state index in [2.05, 4.69) is 52.8 Å². The second-order valence-electron chi connectivity index (χ2n) is 7.67. The summed E-state index contributed by atoms with van der Waals surface area (Å²) >= 11 is 0. The SMILES string of the molecule is CC(C)=CC[C@H](O)[C@@]1(C)[C@@H]2/C=C(\C)CC/C=C(\C)CC[C@@H]21. The number of rotatable bonds is 3. The fraction of sp³-hybridized carbons (Fsp3) is 0.700. The van der Waals surface area contributed by atoms with E-state index in [-0.39, 0.29) is 11.5 Å². The van der Waals surface area contributed by atoms with Crippen LogP contribution in [0.4, 0.5) is 0 Å². The zero-order valence-corrected chi connectivity index (χ0v) is 14.4. The molecule has 1 N–H and O–H groups in total. The lowest BCUT2D eigenvalue weighted by Crippen LogP contribution is -2.21.